The van der Waals surface area contributed by atoms with Crippen molar-refractivity contribution in [3.8, 4) is 22.3 Å². The van der Waals surface area contributed by atoms with Crippen molar-refractivity contribution in [3.05, 3.63) is 120 Å². The molecule has 0 N–H and O–H groups in total. The van der Waals surface area contributed by atoms with Crippen molar-refractivity contribution in [3.63, 3.8) is 0 Å². The van der Waals surface area contributed by atoms with E-state index < -0.39 is 4.33 Å². The minimum absolute atomic E-state index is 0.859. The molecule has 0 aromatic heterocycles. The third-order valence-electron chi connectivity index (χ3n) is 4.66. The molecule has 0 atom stereocenters. The highest BCUT2D eigenvalue weighted by molar-refractivity contribution is 6.50. The molecule has 0 saturated heterocycles. The van der Waals surface area contributed by atoms with Gasteiger partial charge < -0.3 is 0 Å². The minimum Gasteiger partial charge on any atom is -0.0909 e. The second-order valence-electron chi connectivity index (χ2n) is 6.47. The van der Waals surface area contributed by atoms with Crippen LogP contribution in [0.2, 0.25) is 0 Å². The van der Waals surface area contributed by atoms with Gasteiger partial charge in [0.2, 0.25) is 0 Å². The summed E-state index contributed by atoms with van der Waals surface area (Å²) in [4.78, 5) is 0. The van der Waals surface area contributed by atoms with Crippen molar-refractivity contribution in [2.75, 3.05) is 0 Å². The van der Waals surface area contributed by atoms with Crippen molar-refractivity contribution in [2.24, 2.45) is 0 Å². The van der Waals surface area contributed by atoms with Gasteiger partial charge in [-0.1, -0.05) is 120 Å². The minimum atomic E-state index is -1.13. The van der Waals surface area contributed by atoms with Crippen LogP contribution in [0.4, 0.5) is 0 Å². The van der Waals surface area contributed by atoms with Gasteiger partial charge in [0.05, 0.1) is 0 Å². The number of rotatable bonds is 4. The summed E-state index contributed by atoms with van der Waals surface area (Å²) in [7, 11) is 0. The van der Waals surface area contributed by atoms with E-state index in [1.54, 1.807) is 0 Å². The molecule has 0 heterocycles. The van der Waals surface area contributed by atoms with Crippen LogP contribution in [0.25, 0.3) is 22.3 Å². The molecule has 0 bridgehead atoms. The van der Waals surface area contributed by atoms with E-state index in [1.165, 1.54) is 0 Å². The van der Waals surface area contributed by atoms with E-state index in [1.807, 2.05) is 60.7 Å². The van der Waals surface area contributed by atoms with Crippen molar-refractivity contribution in [1.29, 1.82) is 0 Å². The lowest BCUT2D eigenvalue weighted by Gasteiger charge is -2.22. The molecule has 0 amide bonds. The number of hydrogen-bond donors (Lipinski definition) is 0. The average Bonchev–Trinajstić information content (AvgIpc) is 2.75. The van der Waals surface area contributed by atoms with Gasteiger partial charge in [0.1, 0.15) is 0 Å². The van der Waals surface area contributed by atoms with Gasteiger partial charge >= 0.3 is 0 Å². The lowest BCUT2D eigenvalue weighted by molar-refractivity contribution is 1.04. The molecular formula is C25H18Cl2. The Kier molecular flexibility index (Phi) is 5.03. The van der Waals surface area contributed by atoms with Crippen LogP contribution >= 0.6 is 23.2 Å². The Hall–Kier alpha value is -2.54. The summed E-state index contributed by atoms with van der Waals surface area (Å²) in [6, 6.07) is 36.7. The predicted octanol–water partition coefficient (Wildman–Crippen LogP) is 7.70. The van der Waals surface area contributed by atoms with Crippen LogP contribution in [-0.2, 0) is 4.33 Å². The van der Waals surface area contributed by atoms with Gasteiger partial charge in [0.25, 0.3) is 0 Å². The number of benzene rings is 4. The van der Waals surface area contributed by atoms with Crippen LogP contribution in [0.1, 0.15) is 11.1 Å². The normalized spacial score (nSPS) is 11.3. The predicted molar refractivity (Wildman–Crippen MR) is 116 cm³/mol. The Bertz CT molecular complexity index is 953. The van der Waals surface area contributed by atoms with E-state index >= 15 is 0 Å². The third kappa shape index (κ3) is 3.78. The number of halogens is 2. The van der Waals surface area contributed by atoms with E-state index in [0.717, 1.165) is 33.4 Å². The van der Waals surface area contributed by atoms with Crippen molar-refractivity contribution < 1.29 is 0 Å². The maximum atomic E-state index is 6.87. The molecule has 4 rings (SSSR count). The summed E-state index contributed by atoms with van der Waals surface area (Å²) >= 11 is 13.7. The molecule has 27 heavy (non-hydrogen) atoms. The molecule has 4 aromatic rings. The quantitative estimate of drug-likeness (QED) is 0.314. The first kappa shape index (κ1) is 17.9. The summed E-state index contributed by atoms with van der Waals surface area (Å²) in [6.07, 6.45) is 0. The van der Waals surface area contributed by atoms with Gasteiger partial charge in [-0.3, -0.25) is 0 Å². The highest BCUT2D eigenvalue weighted by Gasteiger charge is 2.29. The zero-order valence-electron chi connectivity index (χ0n) is 14.6. The van der Waals surface area contributed by atoms with E-state index in [0.29, 0.717) is 0 Å². The third-order valence-corrected chi connectivity index (χ3v) is 5.54. The van der Waals surface area contributed by atoms with Crippen molar-refractivity contribution >= 4 is 23.2 Å². The van der Waals surface area contributed by atoms with Gasteiger partial charge in [0.15, 0.2) is 4.33 Å². The van der Waals surface area contributed by atoms with Gasteiger partial charge in [0, 0.05) is 0 Å². The largest absolute Gasteiger partial charge is 0.168 e. The first-order chi connectivity index (χ1) is 13.1. The maximum absolute atomic E-state index is 6.87. The SMILES string of the molecule is ClC(Cl)(c1cccc(-c2ccccc2)c1)c1cccc(-c2ccccc2)c1. The molecule has 0 radical (unpaired) electrons. The molecule has 0 spiro atoms. The monoisotopic (exact) mass is 388 g/mol. The average molecular weight is 389 g/mol. The summed E-state index contributed by atoms with van der Waals surface area (Å²) in [5, 5.41) is 0. The fourth-order valence-corrected chi connectivity index (χ4v) is 3.69. The van der Waals surface area contributed by atoms with Crippen LogP contribution in [0.15, 0.2) is 109 Å². The van der Waals surface area contributed by atoms with Crippen LogP contribution in [-0.4, -0.2) is 0 Å². The molecular weight excluding hydrogens is 371 g/mol. The molecule has 0 saturated carbocycles. The lowest BCUT2D eigenvalue weighted by atomic mass is 9.96. The lowest BCUT2D eigenvalue weighted by Crippen LogP contribution is -2.12. The Morgan fingerprint density at radius 2 is 0.778 bits per heavy atom. The Labute approximate surface area is 170 Å². The molecule has 2 heteroatoms. The highest BCUT2D eigenvalue weighted by Crippen LogP contribution is 2.43. The van der Waals surface area contributed by atoms with Gasteiger partial charge in [-0.05, 0) is 45.5 Å². The zero-order valence-corrected chi connectivity index (χ0v) is 16.2. The van der Waals surface area contributed by atoms with Crippen molar-refractivity contribution in [1.82, 2.24) is 0 Å². The van der Waals surface area contributed by atoms with Crippen LogP contribution in [0.5, 0.6) is 0 Å². The number of hydrogen-bond acceptors (Lipinski definition) is 0. The summed E-state index contributed by atoms with van der Waals surface area (Å²) in [5.74, 6) is 0. The molecule has 0 fully saturated rings. The standard InChI is InChI=1S/C25H18Cl2/c26-25(27,23-15-7-13-21(17-23)19-9-3-1-4-10-19)24-16-8-14-22(18-24)20-11-5-2-6-12-20/h1-18H. The highest BCUT2D eigenvalue weighted by atomic mass is 35.5. The first-order valence-electron chi connectivity index (χ1n) is 8.84. The van der Waals surface area contributed by atoms with E-state index in [2.05, 4.69) is 48.5 Å². The van der Waals surface area contributed by atoms with E-state index in [-0.39, 0.29) is 0 Å². The van der Waals surface area contributed by atoms with Gasteiger partial charge in [-0.2, -0.15) is 0 Å². The van der Waals surface area contributed by atoms with Crippen LogP contribution < -0.4 is 0 Å². The summed E-state index contributed by atoms with van der Waals surface area (Å²) in [6.45, 7) is 0. The molecule has 0 unspecified atom stereocenters. The van der Waals surface area contributed by atoms with E-state index in [4.69, 9.17) is 23.2 Å². The number of alkyl halides is 2. The molecule has 4 aromatic carbocycles. The fourth-order valence-electron chi connectivity index (χ4n) is 3.22. The van der Waals surface area contributed by atoms with E-state index in [9.17, 15) is 0 Å². The fraction of sp³-hybridized carbons (Fsp3) is 0.0400. The Morgan fingerprint density at radius 3 is 1.19 bits per heavy atom. The zero-order chi connectivity index (χ0) is 18.7. The molecule has 0 aliphatic carbocycles. The summed E-state index contributed by atoms with van der Waals surface area (Å²) < 4.78 is -1.13. The summed E-state index contributed by atoms with van der Waals surface area (Å²) in [5.41, 5.74) is 6.19. The topological polar surface area (TPSA) is 0 Å². The second kappa shape index (κ2) is 7.60. The van der Waals surface area contributed by atoms with Gasteiger partial charge in [-0.15, -0.1) is 0 Å². The Morgan fingerprint density at radius 1 is 0.407 bits per heavy atom. The molecule has 0 nitrogen and oxygen atoms in total. The molecule has 0 aliphatic heterocycles. The second-order valence-corrected chi connectivity index (χ2v) is 7.80. The Balaban J connectivity index is 1.74. The van der Waals surface area contributed by atoms with Gasteiger partial charge in [-0.25, -0.2) is 0 Å². The van der Waals surface area contributed by atoms with Crippen LogP contribution in [0, 0.1) is 0 Å². The first-order valence-corrected chi connectivity index (χ1v) is 9.60. The van der Waals surface area contributed by atoms with Crippen LogP contribution in [0.3, 0.4) is 0 Å². The maximum Gasteiger partial charge on any atom is 0.168 e. The molecule has 0 aliphatic rings. The smallest absolute Gasteiger partial charge is 0.0909 e. The van der Waals surface area contributed by atoms with Crippen molar-refractivity contribution in [2.45, 2.75) is 4.33 Å². The molecule has 132 valence electrons.